The number of methoxy groups -OCH3 is 2. The van der Waals surface area contributed by atoms with Crippen molar-refractivity contribution in [2.75, 3.05) is 14.2 Å². The predicted molar refractivity (Wildman–Crippen MR) is 174 cm³/mol. The summed E-state index contributed by atoms with van der Waals surface area (Å²) in [6.45, 7) is 14.3. The van der Waals surface area contributed by atoms with Gasteiger partial charge in [0, 0.05) is 46.4 Å². The summed E-state index contributed by atoms with van der Waals surface area (Å²) in [6.07, 6.45) is 9.25. The molecule has 2 N–H and O–H groups in total. The van der Waals surface area contributed by atoms with Gasteiger partial charge in [0.1, 0.15) is 11.7 Å². The summed E-state index contributed by atoms with van der Waals surface area (Å²) < 4.78 is 10.2. The summed E-state index contributed by atoms with van der Waals surface area (Å²) in [5.74, 6) is -2.33. The Morgan fingerprint density at radius 2 is 1.71 bits per heavy atom. The lowest BCUT2D eigenvalue weighted by Gasteiger charge is -2.20. The molecule has 1 unspecified atom stereocenters. The van der Waals surface area contributed by atoms with E-state index in [-0.39, 0.29) is 30.0 Å². The molecule has 0 saturated carbocycles. The second kappa shape index (κ2) is 11.3. The van der Waals surface area contributed by atoms with Crippen LogP contribution in [0.3, 0.4) is 0 Å². The molecule has 5 heterocycles. The van der Waals surface area contributed by atoms with E-state index >= 15 is 0 Å². The minimum atomic E-state index is -1.06. The van der Waals surface area contributed by atoms with Crippen LogP contribution in [-0.2, 0) is 19.1 Å². The fourth-order valence-corrected chi connectivity index (χ4v) is 7.15. The zero-order valence-electron chi connectivity index (χ0n) is 26.8. The van der Waals surface area contributed by atoms with Crippen LogP contribution in [0.4, 0.5) is 0 Å². The van der Waals surface area contributed by atoms with Crippen molar-refractivity contribution < 1.29 is 24.2 Å². The number of allylic oxidation sites excluding steroid dienone is 11. The fraction of sp³-hybridized carbons (Fsp3) is 0.361. The van der Waals surface area contributed by atoms with E-state index in [4.69, 9.17) is 24.5 Å². The Hall–Kier alpha value is -4.79. The smallest absolute Gasteiger partial charge is 0.321 e. The molecule has 1 fully saturated rings. The highest BCUT2D eigenvalue weighted by Gasteiger charge is 2.49. The van der Waals surface area contributed by atoms with Crippen molar-refractivity contribution in [3.63, 3.8) is 0 Å². The van der Waals surface area contributed by atoms with Crippen molar-refractivity contribution >= 4 is 29.1 Å². The first-order valence-corrected chi connectivity index (χ1v) is 15.3. The molecule has 6 rings (SSSR count). The largest absolute Gasteiger partial charge is 0.510 e. The third-order valence-corrected chi connectivity index (χ3v) is 9.75. The number of aliphatic hydroxyl groups is 1. The van der Waals surface area contributed by atoms with Crippen molar-refractivity contribution in [2.24, 2.45) is 32.7 Å². The molecule has 9 nitrogen and oxygen atoms in total. The number of carbonyl (C=O) groups excluding carboxylic acids is 2. The second-order valence-corrected chi connectivity index (χ2v) is 12.0. The summed E-state index contributed by atoms with van der Waals surface area (Å²) in [4.78, 5) is 40.7. The normalized spacial score (nSPS) is 25.3. The van der Waals surface area contributed by atoms with E-state index < -0.39 is 11.9 Å². The maximum Gasteiger partial charge on any atom is 0.321 e. The second-order valence-electron chi connectivity index (χ2n) is 12.0. The third kappa shape index (κ3) is 4.64. The Bertz CT molecular complexity index is 1830. The Morgan fingerprint density at radius 3 is 2.38 bits per heavy atom. The van der Waals surface area contributed by atoms with Gasteiger partial charge in [0.05, 0.1) is 48.4 Å². The van der Waals surface area contributed by atoms with E-state index in [1.807, 2.05) is 38.2 Å². The van der Waals surface area contributed by atoms with Gasteiger partial charge < -0.3 is 19.9 Å². The molecular formula is C36H38N4O5. The zero-order chi connectivity index (χ0) is 32.3. The van der Waals surface area contributed by atoms with Crippen molar-refractivity contribution in [1.29, 1.82) is 0 Å². The number of nitrogens with one attached hydrogen (secondary N) is 1. The first-order chi connectivity index (χ1) is 21.5. The van der Waals surface area contributed by atoms with Gasteiger partial charge in [-0.2, -0.15) is 0 Å². The summed E-state index contributed by atoms with van der Waals surface area (Å²) in [5, 5.41) is 15.2. The average molecular weight is 607 g/mol. The number of hydrogen-bond acceptors (Lipinski definition) is 9. The molecule has 8 bridgehead atoms. The molecule has 1 saturated heterocycles. The molecule has 9 heteroatoms. The van der Waals surface area contributed by atoms with Crippen molar-refractivity contribution in [2.45, 2.75) is 53.9 Å². The molecule has 45 heavy (non-hydrogen) atoms. The summed E-state index contributed by atoms with van der Waals surface area (Å²) in [5.41, 5.74) is 12.0. The van der Waals surface area contributed by atoms with Crippen LogP contribution in [0, 0.1) is 17.8 Å². The first kappa shape index (κ1) is 30.2. The van der Waals surface area contributed by atoms with E-state index in [0.717, 1.165) is 68.5 Å². The van der Waals surface area contributed by atoms with E-state index in [0.29, 0.717) is 29.0 Å². The van der Waals surface area contributed by atoms with Gasteiger partial charge in [0.25, 0.3) is 0 Å². The van der Waals surface area contributed by atoms with E-state index in [1.54, 1.807) is 0 Å². The summed E-state index contributed by atoms with van der Waals surface area (Å²) in [7, 11) is 2.69. The van der Waals surface area contributed by atoms with Gasteiger partial charge in [-0.05, 0) is 74.1 Å². The summed E-state index contributed by atoms with van der Waals surface area (Å²) >= 11 is 0. The number of esters is 2. The van der Waals surface area contributed by atoms with Gasteiger partial charge in [0.2, 0.25) is 0 Å². The Labute approximate surface area is 263 Å². The van der Waals surface area contributed by atoms with Gasteiger partial charge in [-0.3, -0.25) is 9.59 Å². The van der Waals surface area contributed by atoms with Crippen molar-refractivity contribution in [3.8, 4) is 0 Å². The van der Waals surface area contributed by atoms with Crippen LogP contribution >= 0.6 is 0 Å². The zero-order valence-corrected chi connectivity index (χ0v) is 26.8. The molecule has 3 atom stereocenters. The monoisotopic (exact) mass is 606 g/mol. The highest BCUT2D eigenvalue weighted by molar-refractivity contribution is 6.24. The fourth-order valence-electron chi connectivity index (χ4n) is 7.15. The lowest BCUT2D eigenvalue weighted by Crippen LogP contribution is -2.25. The van der Waals surface area contributed by atoms with Crippen molar-refractivity contribution in [1.82, 2.24) is 5.32 Å². The van der Waals surface area contributed by atoms with Gasteiger partial charge in [-0.15, -0.1) is 0 Å². The van der Waals surface area contributed by atoms with Crippen LogP contribution in [-0.4, -0.2) is 48.4 Å². The highest BCUT2D eigenvalue weighted by Crippen LogP contribution is 2.49. The number of hydrogen-bond donors (Lipinski definition) is 2. The number of fused-ring (bicyclic) bond motifs is 5. The molecular weight excluding hydrogens is 568 g/mol. The number of rotatable bonds is 6. The molecule has 6 aliphatic rings. The lowest BCUT2D eigenvalue weighted by molar-refractivity contribution is -0.143. The topological polar surface area (TPSA) is 122 Å². The van der Waals surface area contributed by atoms with Crippen LogP contribution in [0.25, 0.3) is 0 Å². The minimum Gasteiger partial charge on any atom is -0.510 e. The Morgan fingerprint density at radius 1 is 1.00 bits per heavy atom. The number of aliphatic imine (C=N–C) groups is 3. The highest BCUT2D eigenvalue weighted by atomic mass is 16.5. The number of nitrogens with zero attached hydrogens (tertiary/aromatic N) is 3. The van der Waals surface area contributed by atoms with Gasteiger partial charge in [-0.25, -0.2) is 15.0 Å². The van der Waals surface area contributed by atoms with Crippen LogP contribution in [0.2, 0.25) is 0 Å². The maximum atomic E-state index is 13.3. The lowest BCUT2D eigenvalue weighted by atomic mass is 9.84. The first-order valence-electron chi connectivity index (χ1n) is 15.3. The Balaban J connectivity index is 1.66. The molecule has 0 radical (unpaired) electrons. The molecule has 0 aromatic rings. The quantitative estimate of drug-likeness (QED) is 0.348. The maximum absolute atomic E-state index is 13.3. The number of carbonyl (C=O) groups is 2. The van der Waals surface area contributed by atoms with Crippen LogP contribution < -0.4 is 5.32 Å². The van der Waals surface area contributed by atoms with E-state index in [1.165, 1.54) is 14.2 Å². The van der Waals surface area contributed by atoms with Gasteiger partial charge >= 0.3 is 11.9 Å². The number of aliphatic hydroxyl groups excluding tert-OH is 1. The third-order valence-electron chi connectivity index (χ3n) is 9.75. The molecule has 5 aliphatic heterocycles. The van der Waals surface area contributed by atoms with Gasteiger partial charge in [0.15, 0.2) is 0 Å². The van der Waals surface area contributed by atoms with Crippen LogP contribution in [0.1, 0.15) is 53.9 Å². The van der Waals surface area contributed by atoms with Crippen molar-refractivity contribution in [3.05, 3.63) is 104 Å². The van der Waals surface area contributed by atoms with E-state index in [2.05, 4.69) is 32.7 Å². The Kier molecular flexibility index (Phi) is 7.59. The SMILES string of the molecule is C=CC1=C(C)C2=NC1=CC1=NC(=CC3=C(C)C4=C(O)C(C(=O)OC)C(=C5NC(=C2)[C@@H](C)[C@@H]5CCC(=O)OC)C4=N3)C(CC)=C1C. The minimum absolute atomic E-state index is 0.0802. The molecule has 0 spiro atoms. The average Bonchev–Trinajstić information content (AvgIpc) is 3.76. The molecule has 0 aromatic heterocycles. The molecule has 232 valence electrons. The van der Waals surface area contributed by atoms with E-state index in [9.17, 15) is 14.7 Å². The predicted octanol–water partition coefficient (Wildman–Crippen LogP) is 6.20. The van der Waals surface area contributed by atoms with Crippen LogP contribution in [0.15, 0.2) is 119 Å². The summed E-state index contributed by atoms with van der Waals surface area (Å²) in [6, 6.07) is 0. The molecule has 0 amide bonds. The number of ether oxygens (including phenoxy) is 2. The standard InChI is InChI=1S/C36H38N4O5/c1-9-20-16(3)23-13-25-18(5)22(11-12-29(41)44-7)33(39-25)31-32(36(43)45-8)35(42)30-19(6)26(40-34(30)31)15-28-21(10-2)17(4)24(38-28)14-27(20)37-23/h9,13-15,18,22,32,39,42H,1,10-12H2,2-8H3/t18-,22-,32?/m0/s1. The molecule has 0 aromatic carbocycles. The van der Waals surface area contributed by atoms with Gasteiger partial charge in [-0.1, -0.05) is 26.5 Å². The molecule has 1 aliphatic carbocycles. The van der Waals surface area contributed by atoms with Crippen LogP contribution in [0.5, 0.6) is 0 Å².